The van der Waals surface area contributed by atoms with Crippen molar-refractivity contribution in [3.05, 3.63) is 42.5 Å². The van der Waals surface area contributed by atoms with Crippen molar-refractivity contribution in [2.45, 2.75) is 69.0 Å². The van der Waals surface area contributed by atoms with Gasteiger partial charge in [0.1, 0.15) is 0 Å². The van der Waals surface area contributed by atoms with Crippen molar-refractivity contribution in [3.8, 4) is 0 Å². The second-order valence-electron chi connectivity index (χ2n) is 9.34. The van der Waals surface area contributed by atoms with Gasteiger partial charge in [-0.25, -0.2) is 8.42 Å². The first-order valence-corrected chi connectivity index (χ1v) is 12.8. The van der Waals surface area contributed by atoms with Crippen molar-refractivity contribution in [1.29, 1.82) is 0 Å². The zero-order chi connectivity index (χ0) is 22.2. The molecule has 2 aliphatic rings. The second kappa shape index (κ2) is 8.88. The predicted octanol–water partition coefficient (Wildman–Crippen LogP) is 3.36. The van der Waals surface area contributed by atoms with E-state index < -0.39 is 16.1 Å². The Morgan fingerprint density at radius 1 is 1.03 bits per heavy atom. The quantitative estimate of drug-likeness (QED) is 0.711. The van der Waals surface area contributed by atoms with Crippen LogP contribution < -0.4 is 5.73 Å². The number of likely N-dealkylation sites (tertiary alicyclic amines) is 1. The third-order valence-electron chi connectivity index (χ3n) is 6.39. The van der Waals surface area contributed by atoms with Gasteiger partial charge < -0.3 is 10.6 Å². The average Bonchev–Trinajstić information content (AvgIpc) is 3.57. The first-order chi connectivity index (χ1) is 14.8. The number of nitrogens with zero attached hydrogens (tertiary/aromatic N) is 2. The third-order valence-corrected chi connectivity index (χ3v) is 8.45. The van der Waals surface area contributed by atoms with Crippen LogP contribution in [0.5, 0.6) is 0 Å². The summed E-state index contributed by atoms with van der Waals surface area (Å²) < 4.78 is 29.3. The zero-order valence-electron chi connectivity index (χ0n) is 18.4. The fourth-order valence-corrected chi connectivity index (χ4v) is 6.89. The van der Waals surface area contributed by atoms with Crippen molar-refractivity contribution < 1.29 is 13.2 Å². The fourth-order valence-electron chi connectivity index (χ4n) is 4.74. The molecule has 7 heteroatoms. The molecule has 0 aromatic heterocycles. The molecule has 1 saturated carbocycles. The molecule has 2 aromatic rings. The number of carbonyl (C=O) groups is 1. The van der Waals surface area contributed by atoms with Crippen LogP contribution in [0.4, 0.5) is 0 Å². The van der Waals surface area contributed by atoms with Crippen LogP contribution in [0.15, 0.2) is 47.4 Å². The van der Waals surface area contributed by atoms with Crippen molar-refractivity contribution >= 4 is 26.7 Å². The molecular weight excluding hydrogens is 410 g/mol. The Hall–Kier alpha value is -1.96. The van der Waals surface area contributed by atoms with E-state index >= 15 is 0 Å². The molecule has 2 aromatic carbocycles. The number of hydrogen-bond acceptors (Lipinski definition) is 4. The molecule has 0 unspecified atom stereocenters. The average molecular weight is 444 g/mol. The predicted molar refractivity (Wildman–Crippen MR) is 123 cm³/mol. The minimum absolute atomic E-state index is 0.0120. The van der Waals surface area contributed by atoms with Crippen LogP contribution >= 0.6 is 0 Å². The lowest BCUT2D eigenvalue weighted by atomic mass is 10.0. The van der Waals surface area contributed by atoms with Crippen molar-refractivity contribution in [2.24, 2.45) is 11.7 Å². The number of piperidine rings is 1. The maximum Gasteiger partial charge on any atom is 0.244 e. The molecule has 1 saturated heterocycles. The van der Waals surface area contributed by atoms with Crippen molar-refractivity contribution in [2.75, 3.05) is 13.1 Å². The fraction of sp³-hybridized carbons (Fsp3) is 0.542. The molecular formula is C24H33N3O3S. The first-order valence-electron chi connectivity index (χ1n) is 11.3. The molecule has 6 nitrogen and oxygen atoms in total. The number of carbonyl (C=O) groups excluding carboxylic acids is 1. The summed E-state index contributed by atoms with van der Waals surface area (Å²) in [5, 5.41) is 1.70. The molecule has 2 N–H and O–H groups in total. The van der Waals surface area contributed by atoms with Crippen molar-refractivity contribution in [3.63, 3.8) is 0 Å². The van der Waals surface area contributed by atoms with Gasteiger partial charge in [0.15, 0.2) is 0 Å². The van der Waals surface area contributed by atoms with Crippen LogP contribution in [0.3, 0.4) is 0 Å². The molecule has 0 bridgehead atoms. The van der Waals surface area contributed by atoms with Gasteiger partial charge in [0.05, 0.1) is 10.9 Å². The Morgan fingerprint density at radius 2 is 1.65 bits per heavy atom. The number of hydrogen-bond donors (Lipinski definition) is 1. The molecule has 2 fully saturated rings. The van der Waals surface area contributed by atoms with E-state index in [0.29, 0.717) is 43.2 Å². The molecule has 31 heavy (non-hydrogen) atoms. The van der Waals surface area contributed by atoms with Gasteiger partial charge in [-0.2, -0.15) is 4.31 Å². The van der Waals surface area contributed by atoms with Gasteiger partial charge >= 0.3 is 0 Å². The number of amides is 1. The molecule has 168 valence electrons. The molecule has 0 radical (unpaired) electrons. The number of nitrogens with two attached hydrogens (primary N) is 1. The monoisotopic (exact) mass is 443 g/mol. The van der Waals surface area contributed by atoms with E-state index in [1.54, 1.807) is 10.4 Å². The highest BCUT2D eigenvalue weighted by atomic mass is 32.2. The van der Waals surface area contributed by atoms with Gasteiger partial charge in [0, 0.05) is 30.6 Å². The van der Waals surface area contributed by atoms with E-state index in [1.165, 1.54) is 0 Å². The van der Waals surface area contributed by atoms with E-state index in [4.69, 9.17) is 5.73 Å². The van der Waals surface area contributed by atoms with E-state index in [1.807, 2.05) is 41.3 Å². The van der Waals surface area contributed by atoms with Crippen LogP contribution in [0.1, 0.15) is 46.0 Å². The van der Waals surface area contributed by atoms with Crippen LogP contribution in [0, 0.1) is 5.92 Å². The largest absolute Gasteiger partial charge is 0.341 e. The molecule has 1 heterocycles. The molecule has 0 spiro atoms. The van der Waals surface area contributed by atoms with Gasteiger partial charge in [0.25, 0.3) is 0 Å². The Kier molecular flexibility index (Phi) is 6.37. The Labute approximate surface area is 185 Å². The number of rotatable bonds is 7. The lowest BCUT2D eigenvalue weighted by molar-refractivity contribution is -0.134. The summed E-state index contributed by atoms with van der Waals surface area (Å²) in [6.45, 7) is 5.24. The maximum absolute atomic E-state index is 13.8. The van der Waals surface area contributed by atoms with Gasteiger partial charge in [-0.1, -0.05) is 50.2 Å². The van der Waals surface area contributed by atoms with Crippen LogP contribution in [-0.4, -0.2) is 54.7 Å². The van der Waals surface area contributed by atoms with Crippen molar-refractivity contribution in [1.82, 2.24) is 9.21 Å². The SMILES string of the molecule is CC(C)C[C@@H](N)C(=O)N1CCC(N(C2CC2)S(=O)(=O)c2cccc3ccccc23)CC1. The summed E-state index contributed by atoms with van der Waals surface area (Å²) in [6, 6.07) is 12.6. The number of fused-ring (bicyclic) bond motifs is 1. The highest BCUT2D eigenvalue weighted by molar-refractivity contribution is 7.89. The summed E-state index contributed by atoms with van der Waals surface area (Å²) >= 11 is 0. The Bertz CT molecular complexity index is 1040. The summed E-state index contributed by atoms with van der Waals surface area (Å²) in [6.07, 6.45) is 3.79. The van der Waals surface area contributed by atoms with Gasteiger partial charge in [0.2, 0.25) is 15.9 Å². The standard InChI is InChI=1S/C24H33N3O3S/c1-17(2)16-22(25)24(28)26-14-12-20(13-15-26)27(19-10-11-19)31(29,30)23-9-5-7-18-6-3-4-8-21(18)23/h3-9,17,19-20,22H,10-16,25H2,1-2H3/t22-/m1/s1. The van der Waals surface area contributed by atoms with E-state index in [2.05, 4.69) is 13.8 Å². The zero-order valence-corrected chi connectivity index (χ0v) is 19.2. The van der Waals surface area contributed by atoms with Gasteiger partial charge in [-0.15, -0.1) is 0 Å². The molecule has 1 aliphatic heterocycles. The smallest absolute Gasteiger partial charge is 0.244 e. The lowest BCUT2D eigenvalue weighted by Gasteiger charge is -2.39. The topological polar surface area (TPSA) is 83.7 Å². The molecule has 1 atom stereocenters. The van der Waals surface area contributed by atoms with Gasteiger partial charge in [-0.3, -0.25) is 4.79 Å². The minimum Gasteiger partial charge on any atom is -0.341 e. The first kappa shape index (κ1) is 22.2. The summed E-state index contributed by atoms with van der Waals surface area (Å²) in [5.41, 5.74) is 6.10. The second-order valence-corrected chi connectivity index (χ2v) is 11.1. The highest BCUT2D eigenvalue weighted by Gasteiger charge is 2.44. The maximum atomic E-state index is 13.8. The number of benzene rings is 2. The summed E-state index contributed by atoms with van der Waals surface area (Å²) in [4.78, 5) is 14.9. The van der Waals surface area contributed by atoms with Gasteiger partial charge in [-0.05, 0) is 49.5 Å². The van der Waals surface area contributed by atoms with E-state index in [0.717, 1.165) is 23.6 Å². The van der Waals surface area contributed by atoms with Crippen LogP contribution in [-0.2, 0) is 14.8 Å². The van der Waals surface area contributed by atoms with E-state index in [-0.39, 0.29) is 18.0 Å². The van der Waals surface area contributed by atoms with Crippen LogP contribution in [0.25, 0.3) is 10.8 Å². The van der Waals surface area contributed by atoms with Crippen LogP contribution in [0.2, 0.25) is 0 Å². The lowest BCUT2D eigenvalue weighted by Crippen LogP contribution is -2.52. The Morgan fingerprint density at radius 3 is 2.29 bits per heavy atom. The van der Waals surface area contributed by atoms with E-state index in [9.17, 15) is 13.2 Å². The normalized spacial score (nSPS) is 19.3. The molecule has 1 aliphatic carbocycles. The Balaban J connectivity index is 1.53. The highest BCUT2D eigenvalue weighted by Crippen LogP contribution is 2.38. The minimum atomic E-state index is -3.63. The summed E-state index contributed by atoms with van der Waals surface area (Å²) in [7, 11) is -3.63. The summed E-state index contributed by atoms with van der Waals surface area (Å²) in [5.74, 6) is 0.356. The number of sulfonamides is 1. The third kappa shape index (κ3) is 4.64. The molecule has 4 rings (SSSR count). The molecule has 1 amide bonds.